The van der Waals surface area contributed by atoms with Crippen LogP contribution in [0, 0.1) is 0 Å². The van der Waals surface area contributed by atoms with Gasteiger partial charge in [-0.25, -0.2) is 4.98 Å². The van der Waals surface area contributed by atoms with E-state index in [1.165, 1.54) is 23.8 Å². The van der Waals surface area contributed by atoms with Crippen LogP contribution in [0.1, 0.15) is 29.3 Å². The van der Waals surface area contributed by atoms with Gasteiger partial charge in [0, 0.05) is 30.0 Å². The number of anilines is 1. The van der Waals surface area contributed by atoms with Crippen LogP contribution in [0.2, 0.25) is 0 Å². The summed E-state index contributed by atoms with van der Waals surface area (Å²) >= 11 is 1.38. The Morgan fingerprint density at radius 2 is 1.90 bits per heavy atom. The summed E-state index contributed by atoms with van der Waals surface area (Å²) in [7, 11) is 0. The van der Waals surface area contributed by atoms with Gasteiger partial charge in [-0.1, -0.05) is 24.3 Å². The molecule has 154 valence electrons. The summed E-state index contributed by atoms with van der Waals surface area (Å²) in [5, 5.41) is 8.08. The van der Waals surface area contributed by atoms with Gasteiger partial charge in [0.25, 0.3) is 5.91 Å². The minimum atomic E-state index is -0.247. The number of carbonyl (C=O) groups excluding carboxylic acids is 2. The van der Waals surface area contributed by atoms with Gasteiger partial charge < -0.3 is 14.8 Å². The first-order chi connectivity index (χ1) is 14.6. The van der Waals surface area contributed by atoms with Crippen molar-refractivity contribution in [3.8, 4) is 22.8 Å². The van der Waals surface area contributed by atoms with Gasteiger partial charge >= 0.3 is 0 Å². The summed E-state index contributed by atoms with van der Waals surface area (Å²) in [4.78, 5) is 27.9. The van der Waals surface area contributed by atoms with Gasteiger partial charge in [-0.05, 0) is 36.6 Å². The van der Waals surface area contributed by atoms with E-state index >= 15 is 0 Å². The van der Waals surface area contributed by atoms with E-state index in [1.54, 1.807) is 18.2 Å². The molecule has 2 aromatic carbocycles. The molecule has 0 bridgehead atoms. The fraction of sp³-hybridized carbons (Fsp3) is 0.227. The quantitative estimate of drug-likeness (QED) is 0.563. The molecule has 3 aromatic rings. The average Bonchev–Trinajstić information content (AvgIpc) is 3.40. The number of amides is 2. The Morgan fingerprint density at radius 1 is 1.10 bits per heavy atom. The number of carbonyl (C=O) groups is 2. The molecule has 0 atom stereocenters. The Labute approximate surface area is 178 Å². The van der Waals surface area contributed by atoms with Crippen molar-refractivity contribution in [3.63, 3.8) is 0 Å². The second-order valence-electron chi connectivity index (χ2n) is 6.84. The van der Waals surface area contributed by atoms with Crippen LogP contribution in [0.25, 0.3) is 11.3 Å². The number of hydrogen-bond donors (Lipinski definition) is 2. The number of thiazole rings is 1. The van der Waals surface area contributed by atoms with Gasteiger partial charge in [-0.2, -0.15) is 0 Å². The van der Waals surface area contributed by atoms with Crippen LogP contribution in [0.5, 0.6) is 11.5 Å². The molecule has 1 aliphatic heterocycles. The Balaban J connectivity index is 1.35. The standard InChI is InChI=1S/C22H21N3O4S/c1-14(26)23-10-2-3-15-4-6-16(7-5-15)18-12-30-22(24-18)25-21(27)17-8-9-19-20(11-17)29-13-28-19/h4-9,11-12H,2-3,10,13H2,1H3,(H,23,26)(H,24,25,27). The molecule has 30 heavy (non-hydrogen) atoms. The van der Waals surface area contributed by atoms with E-state index in [1.807, 2.05) is 17.5 Å². The number of nitrogens with zero attached hydrogens (tertiary/aromatic N) is 1. The summed E-state index contributed by atoms with van der Waals surface area (Å²) in [6.45, 7) is 2.37. The van der Waals surface area contributed by atoms with Crippen LogP contribution in [0.15, 0.2) is 47.8 Å². The van der Waals surface area contributed by atoms with Crippen molar-refractivity contribution in [2.45, 2.75) is 19.8 Å². The Hall–Kier alpha value is -3.39. The van der Waals surface area contributed by atoms with Crippen LogP contribution in [0.3, 0.4) is 0 Å². The summed E-state index contributed by atoms with van der Waals surface area (Å²) in [6, 6.07) is 13.3. The highest BCUT2D eigenvalue weighted by molar-refractivity contribution is 7.14. The van der Waals surface area contributed by atoms with Crippen molar-refractivity contribution in [2.24, 2.45) is 0 Å². The number of hydrogen-bond acceptors (Lipinski definition) is 6. The Morgan fingerprint density at radius 3 is 2.70 bits per heavy atom. The Bertz CT molecular complexity index is 1060. The third-order valence-corrected chi connectivity index (χ3v) is 5.38. The molecule has 0 spiro atoms. The maximum Gasteiger partial charge on any atom is 0.257 e. The van der Waals surface area contributed by atoms with Crippen molar-refractivity contribution in [3.05, 3.63) is 59.0 Å². The van der Waals surface area contributed by atoms with E-state index in [4.69, 9.17) is 9.47 Å². The van der Waals surface area contributed by atoms with Gasteiger partial charge in [0.1, 0.15) is 0 Å². The van der Waals surface area contributed by atoms with Crippen molar-refractivity contribution >= 4 is 28.3 Å². The van der Waals surface area contributed by atoms with Gasteiger partial charge in [0.05, 0.1) is 5.69 Å². The predicted octanol–water partition coefficient (Wildman–Crippen LogP) is 3.86. The highest BCUT2D eigenvalue weighted by Gasteiger charge is 2.17. The lowest BCUT2D eigenvalue weighted by molar-refractivity contribution is -0.118. The molecule has 0 fully saturated rings. The molecule has 4 rings (SSSR count). The molecular weight excluding hydrogens is 402 g/mol. The van der Waals surface area contributed by atoms with Crippen molar-refractivity contribution in [1.82, 2.24) is 10.3 Å². The van der Waals surface area contributed by atoms with Crippen molar-refractivity contribution < 1.29 is 19.1 Å². The van der Waals surface area contributed by atoms with Crippen LogP contribution in [-0.4, -0.2) is 30.1 Å². The van der Waals surface area contributed by atoms with E-state index in [0.717, 1.165) is 24.1 Å². The average molecular weight is 423 g/mol. The van der Waals surface area contributed by atoms with Crippen molar-refractivity contribution in [2.75, 3.05) is 18.7 Å². The number of benzene rings is 2. The zero-order valence-corrected chi connectivity index (χ0v) is 17.3. The lowest BCUT2D eigenvalue weighted by Gasteiger charge is -2.04. The Kier molecular flexibility index (Phi) is 5.94. The number of fused-ring (bicyclic) bond motifs is 1. The zero-order valence-electron chi connectivity index (χ0n) is 16.4. The molecule has 8 heteroatoms. The van der Waals surface area contributed by atoms with E-state index in [0.29, 0.717) is 28.7 Å². The third kappa shape index (κ3) is 4.77. The molecule has 1 aliphatic rings. The molecule has 2 amide bonds. The molecule has 2 heterocycles. The molecule has 0 radical (unpaired) electrons. The molecule has 2 N–H and O–H groups in total. The molecule has 0 aliphatic carbocycles. The lowest BCUT2D eigenvalue weighted by atomic mass is 10.1. The predicted molar refractivity (Wildman–Crippen MR) is 115 cm³/mol. The molecule has 7 nitrogen and oxygen atoms in total. The smallest absolute Gasteiger partial charge is 0.257 e. The largest absolute Gasteiger partial charge is 0.454 e. The van der Waals surface area contributed by atoms with Gasteiger partial charge in [-0.15, -0.1) is 11.3 Å². The number of rotatable bonds is 7. The summed E-state index contributed by atoms with van der Waals surface area (Å²) in [5.74, 6) is 0.959. The summed E-state index contributed by atoms with van der Waals surface area (Å²) in [5.41, 5.74) is 3.49. The minimum Gasteiger partial charge on any atom is -0.454 e. The first-order valence-electron chi connectivity index (χ1n) is 9.59. The molecule has 0 unspecified atom stereocenters. The van der Waals surface area contributed by atoms with E-state index in [2.05, 4.69) is 27.8 Å². The first-order valence-corrected chi connectivity index (χ1v) is 10.5. The third-order valence-electron chi connectivity index (χ3n) is 4.63. The van der Waals surface area contributed by atoms with Gasteiger partial charge in [-0.3, -0.25) is 14.9 Å². The lowest BCUT2D eigenvalue weighted by Crippen LogP contribution is -2.21. The maximum absolute atomic E-state index is 12.5. The second-order valence-corrected chi connectivity index (χ2v) is 7.70. The number of ether oxygens (including phenoxy) is 2. The fourth-order valence-electron chi connectivity index (χ4n) is 3.07. The normalized spacial score (nSPS) is 11.9. The second kappa shape index (κ2) is 8.96. The van der Waals surface area contributed by atoms with Crippen LogP contribution in [0.4, 0.5) is 5.13 Å². The molecule has 0 saturated carbocycles. The van der Waals surface area contributed by atoms with Gasteiger partial charge in [0.15, 0.2) is 16.6 Å². The fourth-order valence-corrected chi connectivity index (χ4v) is 3.78. The highest BCUT2D eigenvalue weighted by Crippen LogP contribution is 2.33. The number of aromatic nitrogens is 1. The molecule has 1 aromatic heterocycles. The topological polar surface area (TPSA) is 89.6 Å². The first kappa shape index (κ1) is 19.9. The zero-order chi connectivity index (χ0) is 20.9. The summed E-state index contributed by atoms with van der Waals surface area (Å²) in [6.07, 6.45) is 1.79. The number of aryl methyl sites for hydroxylation is 1. The van der Waals surface area contributed by atoms with E-state index in [9.17, 15) is 9.59 Å². The van der Waals surface area contributed by atoms with Gasteiger partial charge in [0.2, 0.25) is 12.7 Å². The van der Waals surface area contributed by atoms with Crippen LogP contribution < -0.4 is 20.1 Å². The van der Waals surface area contributed by atoms with Crippen molar-refractivity contribution in [1.29, 1.82) is 0 Å². The van der Waals surface area contributed by atoms with E-state index in [-0.39, 0.29) is 18.6 Å². The monoisotopic (exact) mass is 423 g/mol. The van der Waals surface area contributed by atoms with Crippen LogP contribution in [-0.2, 0) is 11.2 Å². The summed E-state index contributed by atoms with van der Waals surface area (Å²) < 4.78 is 10.6. The molecular formula is C22H21N3O4S. The minimum absolute atomic E-state index is 0.00435. The molecule has 0 saturated heterocycles. The maximum atomic E-state index is 12.5. The number of nitrogens with one attached hydrogen (secondary N) is 2. The highest BCUT2D eigenvalue weighted by atomic mass is 32.1. The van der Waals surface area contributed by atoms with Crippen LogP contribution >= 0.6 is 11.3 Å². The van der Waals surface area contributed by atoms with E-state index < -0.39 is 0 Å². The SMILES string of the molecule is CC(=O)NCCCc1ccc(-c2csc(NC(=O)c3ccc4c(c3)OCO4)n2)cc1.